The smallest absolute Gasteiger partial charge is 0.108 e. The Bertz CT molecular complexity index is 1040. The Labute approximate surface area is 195 Å². The van der Waals surface area contributed by atoms with Crippen molar-refractivity contribution in [1.29, 1.82) is 0 Å². The van der Waals surface area contributed by atoms with Gasteiger partial charge in [0, 0.05) is 43.0 Å². The quantitative estimate of drug-likeness (QED) is 0.653. The Balaban J connectivity index is 1.67. The number of nitrogens with one attached hydrogen (secondary N) is 3. The van der Waals surface area contributed by atoms with Gasteiger partial charge >= 0.3 is 0 Å². The highest BCUT2D eigenvalue weighted by molar-refractivity contribution is 6.31. The predicted octanol–water partition coefficient (Wildman–Crippen LogP) is 3.15. The number of hydrazine groups is 1. The summed E-state index contributed by atoms with van der Waals surface area (Å²) in [5.74, 6) is 0. The van der Waals surface area contributed by atoms with Gasteiger partial charge in [-0.3, -0.25) is 4.90 Å². The number of nitrogens with zero attached hydrogens (tertiary/aromatic N) is 2. The van der Waals surface area contributed by atoms with Crippen molar-refractivity contribution in [3.63, 3.8) is 0 Å². The first kappa shape index (κ1) is 21.6. The summed E-state index contributed by atoms with van der Waals surface area (Å²) in [5.41, 5.74) is 15.1. The van der Waals surface area contributed by atoms with Crippen molar-refractivity contribution in [3.8, 4) is 0 Å². The second-order valence-corrected chi connectivity index (χ2v) is 9.49. The van der Waals surface area contributed by atoms with E-state index in [1.165, 1.54) is 28.0 Å². The molecule has 1 fully saturated rings. The second kappa shape index (κ2) is 8.60. The van der Waals surface area contributed by atoms with Crippen molar-refractivity contribution in [1.82, 2.24) is 26.0 Å². The van der Waals surface area contributed by atoms with Crippen LogP contribution in [0.3, 0.4) is 0 Å². The van der Waals surface area contributed by atoms with E-state index in [1.54, 1.807) is 0 Å². The first-order chi connectivity index (χ1) is 15.5. The molecular weight excluding hydrogens is 422 g/mol. The fourth-order valence-corrected chi connectivity index (χ4v) is 5.34. The maximum atomic E-state index is 6.38. The lowest BCUT2D eigenvalue weighted by Gasteiger charge is -2.49. The van der Waals surface area contributed by atoms with Crippen molar-refractivity contribution in [2.24, 2.45) is 0 Å². The van der Waals surface area contributed by atoms with Crippen LogP contribution in [-0.4, -0.2) is 61.4 Å². The van der Waals surface area contributed by atoms with Gasteiger partial charge in [0.1, 0.15) is 12.2 Å². The molecule has 1 saturated heterocycles. The van der Waals surface area contributed by atoms with Gasteiger partial charge in [0.2, 0.25) is 0 Å². The second-order valence-electron chi connectivity index (χ2n) is 9.08. The van der Waals surface area contributed by atoms with Crippen LogP contribution in [0.25, 0.3) is 5.57 Å². The summed E-state index contributed by atoms with van der Waals surface area (Å²) in [4.78, 5) is 4.99. The Hall–Kier alpha value is -2.25. The van der Waals surface area contributed by atoms with Gasteiger partial charge in [-0.05, 0) is 67.3 Å². The maximum Gasteiger partial charge on any atom is 0.108 e. The molecule has 0 spiro atoms. The molecule has 0 bridgehead atoms. The predicted molar refractivity (Wildman–Crippen MR) is 130 cm³/mol. The molecule has 0 aliphatic carbocycles. The highest BCUT2D eigenvalue weighted by Gasteiger charge is 2.39. The first-order valence-electron chi connectivity index (χ1n) is 11.4. The van der Waals surface area contributed by atoms with Crippen LogP contribution in [0.2, 0.25) is 5.02 Å². The van der Waals surface area contributed by atoms with E-state index in [4.69, 9.17) is 16.3 Å². The largest absolute Gasteiger partial charge is 0.379 e. The van der Waals surface area contributed by atoms with E-state index in [2.05, 4.69) is 84.3 Å². The van der Waals surface area contributed by atoms with Crippen molar-refractivity contribution >= 4 is 17.2 Å². The number of allylic oxidation sites excluding steroid dienone is 3. The van der Waals surface area contributed by atoms with Crippen LogP contribution in [-0.2, 0) is 4.74 Å². The number of morpholine rings is 1. The Morgan fingerprint density at radius 2 is 2.06 bits per heavy atom. The minimum Gasteiger partial charge on any atom is -0.379 e. The van der Waals surface area contributed by atoms with Crippen LogP contribution < -0.4 is 16.2 Å². The van der Waals surface area contributed by atoms with Gasteiger partial charge in [0.05, 0.1) is 24.6 Å². The van der Waals surface area contributed by atoms with Crippen LogP contribution in [0.1, 0.15) is 25.0 Å². The number of dihydropyridines is 1. The summed E-state index contributed by atoms with van der Waals surface area (Å²) >= 11 is 6.38. The van der Waals surface area contributed by atoms with E-state index in [0.29, 0.717) is 6.04 Å². The average molecular weight is 454 g/mol. The lowest BCUT2D eigenvalue weighted by Crippen LogP contribution is -2.57. The monoisotopic (exact) mass is 453 g/mol. The molecule has 2 unspecified atom stereocenters. The Kier molecular flexibility index (Phi) is 5.80. The first-order valence-corrected chi connectivity index (χ1v) is 11.7. The molecule has 4 aliphatic heterocycles. The third kappa shape index (κ3) is 3.65. The van der Waals surface area contributed by atoms with Crippen LogP contribution in [0, 0.1) is 6.92 Å². The van der Waals surface area contributed by atoms with Gasteiger partial charge in [-0.1, -0.05) is 17.7 Å². The van der Waals surface area contributed by atoms with E-state index in [1.807, 2.05) is 6.07 Å². The van der Waals surface area contributed by atoms with Gasteiger partial charge in [-0.15, -0.1) is 0 Å². The molecule has 3 N–H and O–H groups in total. The maximum absolute atomic E-state index is 6.38. The summed E-state index contributed by atoms with van der Waals surface area (Å²) < 4.78 is 5.75. The zero-order valence-electron chi connectivity index (χ0n) is 19.2. The molecule has 0 radical (unpaired) electrons. The number of aryl methyl sites for hydroxylation is 1. The van der Waals surface area contributed by atoms with Gasteiger partial charge < -0.3 is 20.4 Å². The highest BCUT2D eigenvalue weighted by atomic mass is 35.5. The van der Waals surface area contributed by atoms with E-state index >= 15 is 0 Å². The Morgan fingerprint density at radius 3 is 2.78 bits per heavy atom. The number of hydrogen-bond acceptors (Lipinski definition) is 6. The highest BCUT2D eigenvalue weighted by Crippen LogP contribution is 2.42. The molecule has 4 heterocycles. The number of benzene rings is 1. The number of ether oxygens (including phenoxy) is 1. The molecule has 3 atom stereocenters. The molecule has 0 saturated carbocycles. The van der Waals surface area contributed by atoms with Gasteiger partial charge in [-0.25, -0.2) is 5.43 Å². The van der Waals surface area contributed by atoms with Crippen LogP contribution in [0.5, 0.6) is 0 Å². The zero-order valence-corrected chi connectivity index (χ0v) is 20.0. The van der Waals surface area contributed by atoms with E-state index < -0.39 is 0 Å². The molecule has 5 rings (SSSR count). The lowest BCUT2D eigenvalue weighted by molar-refractivity contribution is -0.0399. The van der Waals surface area contributed by atoms with E-state index in [0.717, 1.165) is 42.6 Å². The molecule has 6 nitrogen and oxygen atoms in total. The third-order valence-electron chi connectivity index (χ3n) is 6.95. The fourth-order valence-electron chi connectivity index (χ4n) is 5.22. The minimum atomic E-state index is 0.0599. The summed E-state index contributed by atoms with van der Waals surface area (Å²) in [7, 11) is 2.22. The van der Waals surface area contributed by atoms with Gasteiger partial charge in [-0.2, -0.15) is 0 Å². The fraction of sp³-hybridized carbons (Fsp3) is 0.440. The van der Waals surface area contributed by atoms with E-state index in [-0.39, 0.29) is 12.2 Å². The molecule has 0 amide bonds. The summed E-state index contributed by atoms with van der Waals surface area (Å²) in [6.07, 6.45) is 6.94. The van der Waals surface area contributed by atoms with Crippen LogP contribution in [0.4, 0.5) is 0 Å². The number of rotatable bonds is 3. The number of hydrogen-bond donors (Lipinski definition) is 3. The minimum absolute atomic E-state index is 0.0599. The molecule has 4 aliphatic rings. The Morgan fingerprint density at radius 1 is 1.22 bits per heavy atom. The van der Waals surface area contributed by atoms with Gasteiger partial charge in [0.25, 0.3) is 0 Å². The molecule has 32 heavy (non-hydrogen) atoms. The van der Waals surface area contributed by atoms with Crippen LogP contribution >= 0.6 is 11.6 Å². The lowest BCUT2D eigenvalue weighted by atomic mass is 9.83. The van der Waals surface area contributed by atoms with E-state index in [9.17, 15) is 0 Å². The SMILES string of the molecule is CC1=CNC(C2=CCNN2)C2=C1C(c1ccc(Cl)c(C)c1)=CC(N1CCOC[C@H]1C)N2C. The molecule has 7 heteroatoms. The normalized spacial score (nSPS) is 28.5. The summed E-state index contributed by atoms with van der Waals surface area (Å²) in [6, 6.07) is 6.78. The molecule has 1 aromatic carbocycles. The molecule has 0 aromatic heterocycles. The van der Waals surface area contributed by atoms with Crippen molar-refractivity contribution in [2.45, 2.75) is 39.0 Å². The van der Waals surface area contributed by atoms with Crippen molar-refractivity contribution < 1.29 is 4.74 Å². The number of likely N-dealkylation sites (N-methyl/N-ethyl adjacent to an activating group) is 1. The van der Waals surface area contributed by atoms with Crippen LogP contribution in [0.15, 0.2) is 59.1 Å². The zero-order chi connectivity index (χ0) is 22.4. The number of halogens is 1. The molecule has 1 aromatic rings. The summed E-state index contributed by atoms with van der Waals surface area (Å²) in [6.45, 7) is 9.78. The average Bonchev–Trinajstić information content (AvgIpc) is 3.32. The topological polar surface area (TPSA) is 51.8 Å². The summed E-state index contributed by atoms with van der Waals surface area (Å²) in [5, 5.41) is 4.45. The molecular formula is C25H32ClN5O. The third-order valence-corrected chi connectivity index (χ3v) is 7.37. The standard InChI is InChI=1S/C25H32ClN5O/c1-15-11-18(5-6-20(15)26)19-12-22(31-9-10-32-14-17(31)3)30(4)25-23(19)16(2)13-27-24(25)21-7-8-28-29-21/h5-7,11-13,17,22,24,27-29H,8-10,14H2,1-4H3/t17-,22?,24?/m1/s1. The van der Waals surface area contributed by atoms with Crippen molar-refractivity contribution in [2.75, 3.05) is 33.4 Å². The van der Waals surface area contributed by atoms with Gasteiger partial charge in [0.15, 0.2) is 0 Å². The molecule has 170 valence electrons. The van der Waals surface area contributed by atoms with Crippen molar-refractivity contribution in [3.05, 3.63) is 75.2 Å².